The lowest BCUT2D eigenvalue weighted by Crippen LogP contribution is -2.24. The quantitative estimate of drug-likeness (QED) is 0.579. The first-order valence-corrected chi connectivity index (χ1v) is 6.22. The van der Waals surface area contributed by atoms with Crippen LogP contribution in [0.2, 0.25) is 0 Å². The molecule has 4 nitrogen and oxygen atoms in total. The molecule has 1 aromatic carbocycles. The summed E-state index contributed by atoms with van der Waals surface area (Å²) < 4.78 is 18.5. The largest absolute Gasteiger partial charge is 0.493 e. The van der Waals surface area contributed by atoms with Crippen molar-refractivity contribution < 1.29 is 18.7 Å². The summed E-state index contributed by atoms with van der Waals surface area (Å²) in [5, 5.41) is 2.46. The monoisotopic (exact) mass is 267 g/mol. The van der Waals surface area contributed by atoms with Gasteiger partial charge in [0.25, 0.3) is 0 Å². The van der Waals surface area contributed by atoms with Gasteiger partial charge in [0.1, 0.15) is 17.9 Å². The van der Waals surface area contributed by atoms with E-state index in [1.165, 1.54) is 12.1 Å². The Morgan fingerprint density at radius 2 is 2.16 bits per heavy atom. The molecule has 104 valence electrons. The molecule has 0 atom stereocenters. The third-order valence-electron chi connectivity index (χ3n) is 2.47. The molecule has 0 saturated heterocycles. The summed E-state index contributed by atoms with van der Waals surface area (Å²) in [6.07, 6.45) is 2.37. The maximum absolute atomic E-state index is 13.1. The average molecular weight is 267 g/mol. The van der Waals surface area contributed by atoms with E-state index in [9.17, 15) is 14.0 Å². The molecule has 0 aliphatic rings. The number of carbonyl (C=O) groups excluding carboxylic acids is 2. The fourth-order valence-electron chi connectivity index (χ4n) is 1.61. The Kier molecular flexibility index (Phi) is 6.57. The van der Waals surface area contributed by atoms with Gasteiger partial charge in [-0.05, 0) is 37.5 Å². The Morgan fingerprint density at radius 1 is 1.37 bits per heavy atom. The first kappa shape index (κ1) is 15.1. The fourth-order valence-corrected chi connectivity index (χ4v) is 1.61. The van der Waals surface area contributed by atoms with Crippen molar-refractivity contribution in [1.82, 2.24) is 5.32 Å². The predicted octanol–water partition coefficient (Wildman–Crippen LogP) is 2.00. The molecule has 1 rings (SSSR count). The highest BCUT2D eigenvalue weighted by molar-refractivity contribution is 5.78. The minimum Gasteiger partial charge on any atom is -0.493 e. The third kappa shape index (κ3) is 6.55. The molecule has 0 radical (unpaired) electrons. The van der Waals surface area contributed by atoms with E-state index in [-0.39, 0.29) is 18.3 Å². The Bertz CT molecular complexity index is 414. The topological polar surface area (TPSA) is 55.4 Å². The van der Waals surface area contributed by atoms with Gasteiger partial charge in [0, 0.05) is 12.5 Å². The second-order valence-corrected chi connectivity index (χ2v) is 4.24. The number of hydrogen-bond acceptors (Lipinski definition) is 3. The zero-order valence-electron chi connectivity index (χ0n) is 10.9. The molecule has 0 fully saturated rings. The van der Waals surface area contributed by atoms with Crippen LogP contribution in [0.3, 0.4) is 0 Å². The lowest BCUT2D eigenvalue weighted by atomic mass is 10.2. The Hall–Kier alpha value is -1.91. The van der Waals surface area contributed by atoms with E-state index in [0.29, 0.717) is 37.9 Å². The average Bonchev–Trinajstić information content (AvgIpc) is 2.34. The number of halogens is 1. The van der Waals surface area contributed by atoms with Crippen LogP contribution in [0.4, 0.5) is 4.39 Å². The SMILES string of the molecule is Cc1cc(F)cc(OCCCCC(=O)NCC=O)c1. The highest BCUT2D eigenvalue weighted by Gasteiger charge is 2.01. The van der Waals surface area contributed by atoms with Gasteiger partial charge in [-0.1, -0.05) is 0 Å². The summed E-state index contributed by atoms with van der Waals surface area (Å²) in [5.41, 5.74) is 0.809. The third-order valence-corrected chi connectivity index (χ3v) is 2.47. The van der Waals surface area contributed by atoms with Crippen LogP contribution in [0.25, 0.3) is 0 Å². The molecule has 1 N–H and O–H groups in total. The lowest BCUT2D eigenvalue weighted by Gasteiger charge is -2.07. The molecular formula is C14H18FNO3. The molecular weight excluding hydrogens is 249 g/mol. The van der Waals surface area contributed by atoms with Crippen LogP contribution in [0.1, 0.15) is 24.8 Å². The Labute approximate surface area is 112 Å². The van der Waals surface area contributed by atoms with Crippen molar-refractivity contribution in [2.75, 3.05) is 13.2 Å². The molecule has 1 aromatic rings. The van der Waals surface area contributed by atoms with Crippen molar-refractivity contribution in [2.45, 2.75) is 26.2 Å². The van der Waals surface area contributed by atoms with Crippen LogP contribution in [0.5, 0.6) is 5.75 Å². The number of amides is 1. The predicted molar refractivity (Wildman–Crippen MR) is 69.6 cm³/mol. The molecule has 0 bridgehead atoms. The summed E-state index contributed by atoms with van der Waals surface area (Å²) in [4.78, 5) is 21.2. The molecule has 0 unspecified atom stereocenters. The second kappa shape index (κ2) is 8.24. The van der Waals surface area contributed by atoms with E-state index >= 15 is 0 Å². The first-order valence-electron chi connectivity index (χ1n) is 6.22. The Morgan fingerprint density at radius 3 is 2.84 bits per heavy atom. The standard InChI is InChI=1S/C14H18FNO3/c1-11-8-12(15)10-13(9-11)19-7-3-2-4-14(18)16-5-6-17/h6,8-10H,2-5,7H2,1H3,(H,16,18). The van der Waals surface area contributed by atoms with Crippen LogP contribution in [-0.4, -0.2) is 25.3 Å². The van der Waals surface area contributed by atoms with Crippen molar-refractivity contribution in [2.24, 2.45) is 0 Å². The van der Waals surface area contributed by atoms with Gasteiger partial charge in [-0.15, -0.1) is 0 Å². The zero-order valence-corrected chi connectivity index (χ0v) is 10.9. The summed E-state index contributed by atoms with van der Waals surface area (Å²) in [7, 11) is 0. The van der Waals surface area contributed by atoms with Crippen LogP contribution in [0, 0.1) is 12.7 Å². The van der Waals surface area contributed by atoms with Gasteiger partial charge in [-0.2, -0.15) is 0 Å². The van der Waals surface area contributed by atoms with Crippen molar-refractivity contribution in [1.29, 1.82) is 0 Å². The number of ether oxygens (including phenoxy) is 1. The minimum absolute atomic E-state index is 0.0535. The van der Waals surface area contributed by atoms with E-state index in [1.54, 1.807) is 13.0 Å². The number of aryl methyl sites for hydroxylation is 1. The van der Waals surface area contributed by atoms with E-state index in [0.717, 1.165) is 5.56 Å². The molecule has 5 heteroatoms. The van der Waals surface area contributed by atoms with Gasteiger partial charge in [-0.25, -0.2) is 4.39 Å². The maximum atomic E-state index is 13.1. The van der Waals surface area contributed by atoms with Gasteiger partial charge in [0.05, 0.1) is 13.2 Å². The number of hydrogen-bond donors (Lipinski definition) is 1. The van der Waals surface area contributed by atoms with Crippen molar-refractivity contribution in [3.63, 3.8) is 0 Å². The molecule has 0 heterocycles. The maximum Gasteiger partial charge on any atom is 0.220 e. The normalized spacial score (nSPS) is 10.0. The number of carbonyl (C=O) groups is 2. The summed E-state index contributed by atoms with van der Waals surface area (Å²) in [6.45, 7) is 2.29. The van der Waals surface area contributed by atoms with Gasteiger partial charge in [-0.3, -0.25) is 4.79 Å². The molecule has 0 aromatic heterocycles. The number of benzene rings is 1. The lowest BCUT2D eigenvalue weighted by molar-refractivity contribution is -0.122. The van der Waals surface area contributed by atoms with Gasteiger partial charge >= 0.3 is 0 Å². The van der Waals surface area contributed by atoms with E-state index < -0.39 is 0 Å². The van der Waals surface area contributed by atoms with Crippen LogP contribution < -0.4 is 10.1 Å². The Balaban J connectivity index is 2.17. The highest BCUT2D eigenvalue weighted by atomic mass is 19.1. The fraction of sp³-hybridized carbons (Fsp3) is 0.429. The van der Waals surface area contributed by atoms with Gasteiger partial charge < -0.3 is 14.8 Å². The molecule has 0 aliphatic heterocycles. The van der Waals surface area contributed by atoms with E-state index in [4.69, 9.17) is 4.74 Å². The summed E-state index contributed by atoms with van der Waals surface area (Å²) in [5.74, 6) is 0.0415. The second-order valence-electron chi connectivity index (χ2n) is 4.24. The van der Waals surface area contributed by atoms with Crippen LogP contribution >= 0.6 is 0 Å². The van der Waals surface area contributed by atoms with E-state index in [2.05, 4.69) is 5.32 Å². The summed E-state index contributed by atoms with van der Waals surface area (Å²) in [6, 6.07) is 4.54. The highest BCUT2D eigenvalue weighted by Crippen LogP contribution is 2.16. The molecule has 1 amide bonds. The number of aldehydes is 1. The van der Waals surface area contributed by atoms with Crippen molar-refractivity contribution in [3.8, 4) is 5.75 Å². The number of unbranched alkanes of at least 4 members (excludes halogenated alkanes) is 1. The van der Waals surface area contributed by atoms with Crippen molar-refractivity contribution >= 4 is 12.2 Å². The van der Waals surface area contributed by atoms with Crippen LogP contribution in [0.15, 0.2) is 18.2 Å². The van der Waals surface area contributed by atoms with Crippen molar-refractivity contribution in [3.05, 3.63) is 29.6 Å². The number of nitrogens with one attached hydrogen (secondary N) is 1. The zero-order chi connectivity index (χ0) is 14.1. The molecule has 0 spiro atoms. The molecule has 0 saturated carbocycles. The van der Waals surface area contributed by atoms with Crippen LogP contribution in [-0.2, 0) is 9.59 Å². The van der Waals surface area contributed by atoms with Gasteiger partial charge in [0.2, 0.25) is 5.91 Å². The summed E-state index contributed by atoms with van der Waals surface area (Å²) >= 11 is 0. The van der Waals surface area contributed by atoms with Gasteiger partial charge in [0.15, 0.2) is 0 Å². The molecule has 19 heavy (non-hydrogen) atoms. The smallest absolute Gasteiger partial charge is 0.220 e. The van der Waals surface area contributed by atoms with E-state index in [1.807, 2.05) is 0 Å². The minimum atomic E-state index is -0.316. The first-order chi connectivity index (χ1) is 9.11. The number of rotatable bonds is 8. The molecule has 0 aliphatic carbocycles.